The van der Waals surface area contributed by atoms with E-state index < -0.39 is 36.0 Å². The fraction of sp³-hybridized carbons (Fsp3) is 0.377. The molecule has 2 aliphatic rings. The number of ether oxygens (including phenoxy) is 1. The summed E-state index contributed by atoms with van der Waals surface area (Å²) < 4.78 is 5.69. The molecule has 9 N–H and O–H groups in total. The number of nitrogens with two attached hydrogens (primary N) is 1. The molecule has 10 amide bonds. The minimum atomic E-state index is -1.05. The van der Waals surface area contributed by atoms with Gasteiger partial charge in [0.15, 0.2) is 0 Å². The third-order valence-electron chi connectivity index (χ3n) is 12.7. The zero-order valence-corrected chi connectivity index (χ0v) is 42.7. The number of fused-ring (bicyclic) bond motifs is 1. The lowest BCUT2D eigenvalue weighted by Crippen LogP contribution is -2.54. The number of aromatic nitrogens is 4. The van der Waals surface area contributed by atoms with Crippen LogP contribution in [0.5, 0.6) is 0 Å². The molecule has 0 spiro atoms. The summed E-state index contributed by atoms with van der Waals surface area (Å²) in [4.78, 5) is 123. The molecule has 0 bridgehead atoms. The second-order valence-electron chi connectivity index (χ2n) is 18.6. The number of imidazole rings is 1. The minimum absolute atomic E-state index is 0.0178. The molecule has 5 aromatic rings. The van der Waals surface area contributed by atoms with Crippen LogP contribution in [0.25, 0.3) is 33.4 Å². The number of nitrogens with one attached hydrogen (secondary N) is 7. The van der Waals surface area contributed by atoms with Gasteiger partial charge in [-0.25, -0.2) is 19.4 Å². The van der Waals surface area contributed by atoms with Gasteiger partial charge >= 0.3 is 18.2 Å². The Morgan fingerprint density at radius 2 is 1.58 bits per heavy atom. The molecule has 400 valence electrons. The summed E-state index contributed by atoms with van der Waals surface area (Å²) in [6, 6.07) is 15.3. The molecule has 76 heavy (non-hydrogen) atoms. The van der Waals surface area contributed by atoms with Gasteiger partial charge in [-0.2, -0.15) is 0 Å². The minimum Gasteiger partial charge on any atom is -0.445 e. The van der Waals surface area contributed by atoms with Crippen molar-refractivity contribution in [3.8, 4) is 22.4 Å². The number of imide groups is 1. The number of H-pyrrole nitrogens is 1. The van der Waals surface area contributed by atoms with Crippen LogP contribution in [0, 0.1) is 5.92 Å². The second-order valence-corrected chi connectivity index (χ2v) is 18.6. The van der Waals surface area contributed by atoms with Gasteiger partial charge in [-0.05, 0) is 92.1 Å². The van der Waals surface area contributed by atoms with E-state index in [4.69, 9.17) is 10.5 Å². The first-order chi connectivity index (χ1) is 36.6. The number of rotatable bonds is 23. The third-order valence-corrected chi connectivity index (χ3v) is 12.7. The lowest BCUT2D eigenvalue weighted by atomic mass is 10.0. The largest absolute Gasteiger partial charge is 0.445 e. The first kappa shape index (κ1) is 54.9. The highest BCUT2D eigenvalue weighted by atomic mass is 16.6. The summed E-state index contributed by atoms with van der Waals surface area (Å²) in [5.74, 6) is -2.19. The summed E-state index contributed by atoms with van der Waals surface area (Å²) in [6.07, 6.45) is 9.41. The van der Waals surface area contributed by atoms with Gasteiger partial charge in [0.25, 0.3) is 11.8 Å². The maximum Gasteiger partial charge on any atom is 0.410 e. The Labute approximate surface area is 439 Å². The van der Waals surface area contributed by atoms with Crippen LogP contribution >= 0.6 is 0 Å². The fourth-order valence-electron chi connectivity index (χ4n) is 8.64. The van der Waals surface area contributed by atoms with Crippen molar-refractivity contribution in [2.24, 2.45) is 11.7 Å². The third kappa shape index (κ3) is 15.1. The van der Waals surface area contributed by atoms with E-state index in [1.807, 2.05) is 43.3 Å². The number of hydrogen-bond donors (Lipinski definition) is 8. The summed E-state index contributed by atoms with van der Waals surface area (Å²) in [7, 11) is 0. The molecule has 5 heterocycles. The number of aromatic amines is 1. The van der Waals surface area contributed by atoms with E-state index in [9.17, 15) is 38.4 Å². The molecule has 23 heteroatoms. The average molecular weight is 1040 g/mol. The first-order valence-corrected chi connectivity index (χ1v) is 25.3. The normalized spacial score (nSPS) is 14.1. The molecule has 23 nitrogen and oxygen atoms in total. The Bertz CT molecular complexity index is 2900. The van der Waals surface area contributed by atoms with Crippen LogP contribution in [-0.2, 0) is 35.3 Å². The standard InChI is InChI=1S/C53H64N14O9/c1-4-56-52(74)64-51-61-42-29-35(28-39(47(42)63-51)40-11-7-8-20-57-40)36-27-38(31-55-30-36)65-23-25-66(26-24-65)53(75)76-32-34-14-16-37(17-15-34)59-48(71)41(12-10-21-58-50(54)73)60-49(72)46(33(2)3)62-43(68)13-6-5-9-22-67-44(69)18-19-45(67)70/h7-8,11,14-20,27-31,33,41,46H,4-6,9-10,12-13,21-26,32H2,1-3H3,(H,59,71)(H,60,72)(H,62,68)(H3,54,58,73)(H3,56,61,63,64,74)/t41-,46?/m0/s1. The molecule has 2 atom stereocenters. The lowest BCUT2D eigenvalue weighted by Gasteiger charge is -2.35. The van der Waals surface area contributed by atoms with E-state index in [2.05, 4.69) is 56.7 Å². The molecule has 2 aliphatic heterocycles. The van der Waals surface area contributed by atoms with Gasteiger partial charge in [0.1, 0.15) is 18.7 Å². The van der Waals surface area contributed by atoms with Gasteiger partial charge in [-0.3, -0.25) is 44.2 Å². The summed E-state index contributed by atoms with van der Waals surface area (Å²) >= 11 is 0. The summed E-state index contributed by atoms with van der Waals surface area (Å²) in [5.41, 5.74) is 11.8. The van der Waals surface area contributed by atoms with Gasteiger partial charge in [0, 0.05) is 93.6 Å². The van der Waals surface area contributed by atoms with Crippen molar-refractivity contribution in [3.63, 3.8) is 0 Å². The number of carbonyl (C=O) groups is 8. The molecule has 0 aliphatic carbocycles. The number of primary amides is 1. The van der Waals surface area contributed by atoms with Gasteiger partial charge < -0.3 is 51.8 Å². The second kappa shape index (κ2) is 26.4. The maximum atomic E-state index is 13.7. The Hall–Kier alpha value is -8.89. The highest BCUT2D eigenvalue weighted by Gasteiger charge is 2.30. The quantitative estimate of drug-likeness (QED) is 0.0323. The van der Waals surface area contributed by atoms with Crippen molar-refractivity contribution >= 4 is 76.0 Å². The topological polar surface area (TPSA) is 308 Å². The summed E-state index contributed by atoms with van der Waals surface area (Å²) in [5, 5.41) is 16.3. The molecule has 0 radical (unpaired) electrons. The molecule has 1 unspecified atom stereocenters. The molecule has 7 rings (SSSR count). The highest BCUT2D eigenvalue weighted by Crippen LogP contribution is 2.34. The Balaban J connectivity index is 0.892. The zero-order chi connectivity index (χ0) is 54.1. The summed E-state index contributed by atoms with van der Waals surface area (Å²) in [6.45, 7) is 8.12. The van der Waals surface area contributed by atoms with Crippen LogP contribution in [0.4, 0.5) is 31.7 Å². The molecule has 1 saturated heterocycles. The van der Waals surface area contributed by atoms with E-state index in [0.29, 0.717) is 92.3 Å². The van der Waals surface area contributed by atoms with Crippen LogP contribution in [0.3, 0.4) is 0 Å². The number of urea groups is 2. The van der Waals surface area contributed by atoms with E-state index in [1.54, 1.807) is 61.6 Å². The predicted molar refractivity (Wildman–Crippen MR) is 284 cm³/mol. The van der Waals surface area contributed by atoms with E-state index in [0.717, 1.165) is 27.3 Å². The van der Waals surface area contributed by atoms with Crippen LogP contribution in [0.1, 0.15) is 64.9 Å². The van der Waals surface area contributed by atoms with Crippen LogP contribution in [0.2, 0.25) is 0 Å². The van der Waals surface area contributed by atoms with Crippen LogP contribution in [-0.4, -0.2) is 135 Å². The maximum absolute atomic E-state index is 13.7. The molecule has 0 saturated carbocycles. The smallest absolute Gasteiger partial charge is 0.410 e. The number of unbranched alkanes of at least 4 members (excludes halogenated alkanes) is 2. The number of hydrogen-bond acceptors (Lipinski definition) is 13. The van der Waals surface area contributed by atoms with Crippen LogP contribution < -0.4 is 42.5 Å². The van der Waals surface area contributed by atoms with Crippen molar-refractivity contribution < 1.29 is 43.1 Å². The molecule has 2 aromatic carbocycles. The monoisotopic (exact) mass is 1040 g/mol. The van der Waals surface area contributed by atoms with E-state index >= 15 is 0 Å². The Kier molecular flexibility index (Phi) is 19.0. The van der Waals surface area contributed by atoms with E-state index in [-0.39, 0.29) is 62.2 Å². The van der Waals surface area contributed by atoms with Crippen molar-refractivity contribution in [2.45, 2.75) is 78.0 Å². The molecule has 3 aromatic heterocycles. The molecular weight excluding hydrogens is 977 g/mol. The number of anilines is 3. The molecule has 1 fully saturated rings. The number of benzene rings is 2. The average Bonchev–Trinajstić information content (AvgIpc) is 3.97. The van der Waals surface area contributed by atoms with E-state index in [1.165, 1.54) is 12.2 Å². The number of amides is 10. The predicted octanol–water partition coefficient (Wildman–Crippen LogP) is 4.79. The van der Waals surface area contributed by atoms with Gasteiger partial charge in [-0.15, -0.1) is 0 Å². The van der Waals surface area contributed by atoms with Crippen molar-refractivity contribution in [3.05, 3.63) is 97.0 Å². The molecular formula is C53H64N14O9. The van der Waals surface area contributed by atoms with Gasteiger partial charge in [0.05, 0.1) is 28.6 Å². The number of pyridine rings is 2. The lowest BCUT2D eigenvalue weighted by molar-refractivity contribution is -0.137. The Morgan fingerprint density at radius 3 is 2.28 bits per heavy atom. The van der Waals surface area contributed by atoms with Gasteiger partial charge in [0.2, 0.25) is 23.7 Å². The van der Waals surface area contributed by atoms with Crippen molar-refractivity contribution in [1.82, 2.24) is 51.0 Å². The van der Waals surface area contributed by atoms with Crippen molar-refractivity contribution in [1.29, 1.82) is 0 Å². The fourth-order valence-corrected chi connectivity index (χ4v) is 8.64. The number of carbonyl (C=O) groups excluding carboxylic acids is 8. The zero-order valence-electron chi connectivity index (χ0n) is 42.7. The van der Waals surface area contributed by atoms with Gasteiger partial charge in [-0.1, -0.05) is 38.5 Å². The SMILES string of the molecule is CCNC(=O)Nc1nc2c(-c3ccccn3)cc(-c3cncc(N4CCN(C(=O)OCc5ccc(NC(=O)[C@H](CCCNC(N)=O)NC(=O)C(NC(=O)CCCCCN6C(=O)C=CC6=O)C(C)C)cc5)CC4)c3)cc2[nH]1. The Morgan fingerprint density at radius 1 is 0.816 bits per heavy atom. The van der Waals surface area contributed by atoms with Crippen LogP contribution in [0.15, 0.2) is 91.4 Å². The number of nitrogens with zero attached hydrogens (tertiary/aromatic N) is 6. The first-order valence-electron chi connectivity index (χ1n) is 25.3. The highest BCUT2D eigenvalue weighted by molar-refractivity contribution is 6.12. The van der Waals surface area contributed by atoms with Crippen molar-refractivity contribution in [2.75, 3.05) is 61.3 Å². The number of piperazine rings is 1.